The molecule has 5 aliphatic rings. The average molecular weight is 473 g/mol. The summed E-state index contributed by atoms with van der Waals surface area (Å²) in [4.78, 5) is 40.0. The van der Waals surface area contributed by atoms with Gasteiger partial charge in [-0.3, -0.25) is 13.9 Å². The maximum Gasteiger partial charge on any atom is 0.410 e. The minimum atomic E-state index is -0.396. The molecular weight excluding hydrogens is 444 g/mol. The first-order chi connectivity index (χ1) is 15.8. The molecule has 2 N–H and O–H groups in total. The molecule has 33 heavy (non-hydrogen) atoms. The molecule has 4 aliphatic carbocycles. The number of para-hydroxylation sites is 1. The maximum atomic E-state index is 13.1. The van der Waals surface area contributed by atoms with Crippen LogP contribution in [0.4, 0.5) is 4.79 Å². The Morgan fingerprint density at radius 1 is 1.18 bits per heavy atom. The van der Waals surface area contributed by atoms with Crippen molar-refractivity contribution in [3.8, 4) is 0 Å². The highest BCUT2D eigenvalue weighted by molar-refractivity contribution is 6.35. The Kier molecular flexibility index (Phi) is 4.64. The number of nitrogens with zero attached hydrogens (tertiary/aromatic N) is 3. The monoisotopic (exact) mass is 472 g/mol. The zero-order valence-electron chi connectivity index (χ0n) is 18.7. The number of primary amides is 1. The van der Waals surface area contributed by atoms with Gasteiger partial charge in [-0.1, -0.05) is 17.7 Å². The standard InChI is InChI=1S/C24H29ClN4O4/c1-27-18-4-2-3-17(25)19(18)29(22(27)31)16-5-6-28(12-16)23(32)33-20-14-7-13-8-15(20)11-24(9-13,10-14)21(26)30/h2-4,13-16,20H,5-12H2,1H3,(H2,26,30). The Bertz CT molecular complexity index is 1200. The molecule has 2 aromatic rings. The lowest BCUT2D eigenvalue weighted by molar-refractivity contribution is -0.161. The van der Waals surface area contributed by atoms with Crippen LogP contribution in [0.2, 0.25) is 5.02 Å². The number of aryl methyl sites for hydroxylation is 1. The van der Waals surface area contributed by atoms with Crippen LogP contribution in [0.3, 0.4) is 0 Å². The number of nitrogens with two attached hydrogens (primary N) is 1. The summed E-state index contributed by atoms with van der Waals surface area (Å²) in [5, 5.41) is 0.531. The number of rotatable bonds is 3. The number of amides is 2. The molecule has 7 rings (SSSR count). The molecule has 8 nitrogen and oxygen atoms in total. The zero-order chi connectivity index (χ0) is 23.1. The Morgan fingerprint density at radius 2 is 1.91 bits per heavy atom. The number of hydrogen-bond acceptors (Lipinski definition) is 4. The van der Waals surface area contributed by atoms with E-state index in [2.05, 4.69) is 0 Å². The Labute approximate surface area is 196 Å². The van der Waals surface area contributed by atoms with E-state index in [0.29, 0.717) is 36.0 Å². The van der Waals surface area contributed by atoms with Gasteiger partial charge in [-0.2, -0.15) is 0 Å². The molecular formula is C24H29ClN4O4. The summed E-state index contributed by atoms with van der Waals surface area (Å²) in [6, 6.07) is 5.35. The van der Waals surface area contributed by atoms with E-state index < -0.39 is 5.41 Å². The van der Waals surface area contributed by atoms with Gasteiger partial charge in [0.15, 0.2) is 0 Å². The highest BCUT2D eigenvalue weighted by atomic mass is 35.5. The third-order valence-electron chi connectivity index (χ3n) is 8.79. The van der Waals surface area contributed by atoms with Gasteiger partial charge >= 0.3 is 11.8 Å². The fourth-order valence-corrected chi connectivity index (χ4v) is 7.75. The predicted molar refractivity (Wildman–Crippen MR) is 123 cm³/mol. The molecule has 0 radical (unpaired) electrons. The normalized spacial score (nSPS) is 34.8. The van der Waals surface area contributed by atoms with Gasteiger partial charge in [0.25, 0.3) is 0 Å². The van der Waals surface area contributed by atoms with Gasteiger partial charge in [-0.15, -0.1) is 0 Å². The third kappa shape index (κ3) is 3.06. The minimum Gasteiger partial charge on any atom is -0.446 e. The summed E-state index contributed by atoms with van der Waals surface area (Å²) in [5.41, 5.74) is 6.75. The molecule has 2 heterocycles. The van der Waals surface area contributed by atoms with E-state index in [-0.39, 0.29) is 41.7 Å². The largest absolute Gasteiger partial charge is 0.446 e. The third-order valence-corrected chi connectivity index (χ3v) is 9.10. The summed E-state index contributed by atoms with van der Waals surface area (Å²) in [6.45, 7) is 0.950. The van der Waals surface area contributed by atoms with Gasteiger partial charge in [-0.25, -0.2) is 9.59 Å². The average Bonchev–Trinajstić information content (AvgIpc) is 3.35. The number of hydrogen-bond donors (Lipinski definition) is 1. The van der Waals surface area contributed by atoms with Crippen molar-refractivity contribution >= 4 is 34.6 Å². The van der Waals surface area contributed by atoms with E-state index in [9.17, 15) is 14.4 Å². The van der Waals surface area contributed by atoms with E-state index in [0.717, 1.165) is 37.6 Å². The number of imidazole rings is 1. The summed E-state index contributed by atoms with van der Waals surface area (Å²) in [7, 11) is 1.74. The molecule has 4 saturated carbocycles. The van der Waals surface area contributed by atoms with Gasteiger partial charge in [0.1, 0.15) is 6.10 Å². The predicted octanol–water partition coefficient (Wildman–Crippen LogP) is 3.06. The maximum absolute atomic E-state index is 13.1. The van der Waals surface area contributed by atoms with Crippen LogP contribution in [-0.4, -0.2) is 45.2 Å². The number of aromatic nitrogens is 2. The Hall–Kier alpha value is -2.48. The van der Waals surface area contributed by atoms with Crippen molar-refractivity contribution in [3.05, 3.63) is 33.7 Å². The number of fused-ring (bicyclic) bond motifs is 1. The molecule has 176 valence electrons. The quantitative estimate of drug-likeness (QED) is 0.742. The second-order valence-electron chi connectivity index (χ2n) is 10.7. The lowest BCUT2D eigenvalue weighted by atomic mass is 9.48. The topological polar surface area (TPSA) is 99.6 Å². The molecule has 1 aliphatic heterocycles. The van der Waals surface area contributed by atoms with Crippen molar-refractivity contribution in [1.82, 2.24) is 14.0 Å². The fraction of sp³-hybridized carbons (Fsp3) is 0.625. The van der Waals surface area contributed by atoms with E-state index >= 15 is 0 Å². The number of likely N-dealkylation sites (tertiary alicyclic amines) is 1. The minimum absolute atomic E-state index is 0.129. The van der Waals surface area contributed by atoms with Crippen LogP contribution < -0.4 is 11.4 Å². The summed E-state index contributed by atoms with van der Waals surface area (Å²) in [5.74, 6) is 0.758. The van der Waals surface area contributed by atoms with E-state index in [1.807, 2.05) is 12.1 Å². The summed E-state index contributed by atoms with van der Waals surface area (Å²) < 4.78 is 9.41. The first kappa shape index (κ1) is 21.1. The molecule has 4 bridgehead atoms. The number of carbonyl (C=O) groups excluding carboxylic acids is 2. The lowest BCUT2D eigenvalue weighted by Crippen LogP contribution is -2.59. The molecule has 9 heteroatoms. The molecule has 3 atom stereocenters. The molecule has 0 spiro atoms. The Morgan fingerprint density at radius 3 is 2.61 bits per heavy atom. The van der Waals surface area contributed by atoms with E-state index in [1.165, 1.54) is 0 Å². The SMILES string of the molecule is Cn1c(=O)n(C2CCN(C(=O)OC3C4CC5CC3CC(C(N)=O)(C5)C4)C2)c2c(Cl)cccc21. The summed E-state index contributed by atoms with van der Waals surface area (Å²) in [6.07, 6.45) is 4.60. The Balaban J connectivity index is 1.19. The van der Waals surface area contributed by atoms with Gasteiger partial charge < -0.3 is 15.4 Å². The smallest absolute Gasteiger partial charge is 0.410 e. The zero-order valence-corrected chi connectivity index (χ0v) is 19.5. The van der Waals surface area contributed by atoms with Crippen LogP contribution >= 0.6 is 11.6 Å². The first-order valence-corrected chi connectivity index (χ1v) is 12.3. The van der Waals surface area contributed by atoms with E-state index in [4.69, 9.17) is 22.1 Å². The number of halogens is 1. The van der Waals surface area contributed by atoms with Crippen LogP contribution in [0.15, 0.2) is 23.0 Å². The van der Waals surface area contributed by atoms with Gasteiger partial charge in [-0.05, 0) is 68.4 Å². The van der Waals surface area contributed by atoms with Crippen molar-refractivity contribution in [2.45, 2.75) is 50.7 Å². The molecule has 1 saturated heterocycles. The van der Waals surface area contributed by atoms with Crippen molar-refractivity contribution < 1.29 is 14.3 Å². The van der Waals surface area contributed by atoms with Crippen molar-refractivity contribution in [2.24, 2.45) is 36.0 Å². The summed E-state index contributed by atoms with van der Waals surface area (Å²) >= 11 is 6.45. The van der Waals surface area contributed by atoms with Crippen LogP contribution in [-0.2, 0) is 16.6 Å². The lowest BCUT2D eigenvalue weighted by Gasteiger charge is -2.58. The van der Waals surface area contributed by atoms with Crippen LogP contribution in [0.25, 0.3) is 11.0 Å². The van der Waals surface area contributed by atoms with Gasteiger partial charge in [0, 0.05) is 20.1 Å². The van der Waals surface area contributed by atoms with Crippen molar-refractivity contribution in [2.75, 3.05) is 13.1 Å². The molecule has 5 fully saturated rings. The number of ether oxygens (including phenoxy) is 1. The first-order valence-electron chi connectivity index (χ1n) is 11.9. The molecule has 1 aromatic carbocycles. The second kappa shape index (κ2) is 7.26. The number of carbonyl (C=O) groups is 2. The van der Waals surface area contributed by atoms with Crippen LogP contribution in [0, 0.1) is 23.2 Å². The van der Waals surface area contributed by atoms with Gasteiger partial charge in [0.05, 0.1) is 27.5 Å². The number of benzene rings is 1. The van der Waals surface area contributed by atoms with Crippen LogP contribution in [0.1, 0.15) is 44.6 Å². The van der Waals surface area contributed by atoms with Gasteiger partial charge in [0.2, 0.25) is 5.91 Å². The highest BCUT2D eigenvalue weighted by Crippen LogP contribution is 2.60. The van der Waals surface area contributed by atoms with E-state index in [1.54, 1.807) is 27.1 Å². The molecule has 2 amide bonds. The molecule has 1 aromatic heterocycles. The van der Waals surface area contributed by atoms with Crippen molar-refractivity contribution in [3.63, 3.8) is 0 Å². The van der Waals surface area contributed by atoms with Crippen LogP contribution in [0.5, 0.6) is 0 Å². The van der Waals surface area contributed by atoms with Crippen molar-refractivity contribution in [1.29, 1.82) is 0 Å². The second-order valence-corrected chi connectivity index (χ2v) is 11.1. The highest BCUT2D eigenvalue weighted by Gasteiger charge is 2.59. The molecule has 3 unspecified atom stereocenters. The fourth-order valence-electron chi connectivity index (χ4n) is 7.49.